The summed E-state index contributed by atoms with van der Waals surface area (Å²) in [6.45, 7) is 0. The molecule has 23 heavy (non-hydrogen) atoms. The van der Waals surface area contributed by atoms with Crippen LogP contribution in [0.3, 0.4) is 0 Å². The minimum absolute atomic E-state index is 0.0765. The molecule has 0 aliphatic heterocycles. The van der Waals surface area contributed by atoms with Crippen LogP contribution in [-0.2, 0) is 6.42 Å². The van der Waals surface area contributed by atoms with Gasteiger partial charge in [0.05, 0.1) is 13.2 Å². The van der Waals surface area contributed by atoms with Gasteiger partial charge in [-0.15, -0.1) is 0 Å². The molecule has 3 aliphatic rings. The zero-order valence-corrected chi connectivity index (χ0v) is 14.4. The fraction of sp³-hybridized carbons (Fsp3) is 0.600. The minimum Gasteiger partial charge on any atom is -0.497 e. The van der Waals surface area contributed by atoms with E-state index >= 15 is 0 Å². The van der Waals surface area contributed by atoms with Crippen molar-refractivity contribution in [2.45, 2.75) is 50.5 Å². The van der Waals surface area contributed by atoms with Gasteiger partial charge in [-0.05, 0) is 79.5 Å². The van der Waals surface area contributed by atoms with Crippen molar-refractivity contribution >= 4 is 11.6 Å². The van der Waals surface area contributed by atoms with Crippen LogP contribution in [-0.4, -0.2) is 18.3 Å². The van der Waals surface area contributed by atoms with E-state index in [-0.39, 0.29) is 11.5 Å². The normalized spacial score (nSPS) is 38.9. The molecule has 0 heterocycles. The Balaban J connectivity index is 1.69. The fourth-order valence-corrected chi connectivity index (χ4v) is 6.05. The lowest BCUT2D eigenvalue weighted by Gasteiger charge is -2.50. The molecule has 124 valence electrons. The predicted octanol–water partition coefficient (Wildman–Crippen LogP) is 4.64. The SMILES string of the molecule is COc1ccc2c(c1)CC[C@@H]1[C@@H]2CCC2(C=CCl)[C@@H](O)CC[C@@H]12. The van der Waals surface area contributed by atoms with E-state index in [1.807, 2.05) is 0 Å². The molecule has 0 amide bonds. The van der Waals surface area contributed by atoms with Gasteiger partial charge in [-0.2, -0.15) is 0 Å². The summed E-state index contributed by atoms with van der Waals surface area (Å²) in [5.74, 6) is 2.85. The van der Waals surface area contributed by atoms with Gasteiger partial charge in [0.15, 0.2) is 0 Å². The van der Waals surface area contributed by atoms with Gasteiger partial charge in [0.25, 0.3) is 0 Å². The molecule has 5 atom stereocenters. The van der Waals surface area contributed by atoms with E-state index in [1.54, 1.807) is 12.6 Å². The third-order valence-electron chi connectivity index (χ3n) is 6.85. The Morgan fingerprint density at radius 1 is 1.26 bits per heavy atom. The number of ether oxygens (including phenoxy) is 1. The standard InChI is InChI=1S/C20H25ClO2/c1-23-14-3-5-15-13(12-14)2-4-17-16(15)8-9-20(10-11-21)18(17)6-7-19(20)22/h3,5,10-12,16-19,22H,2,4,6-9H2,1H3/t16-,17-,18+,19+,20?/m1/s1. The van der Waals surface area contributed by atoms with Crippen LogP contribution in [0.5, 0.6) is 5.75 Å². The average molecular weight is 333 g/mol. The van der Waals surface area contributed by atoms with Crippen LogP contribution in [0.25, 0.3) is 0 Å². The topological polar surface area (TPSA) is 29.5 Å². The third kappa shape index (κ3) is 2.26. The molecule has 1 aromatic carbocycles. The number of halogens is 1. The number of fused-ring (bicyclic) bond motifs is 5. The number of hydrogen-bond donors (Lipinski definition) is 1. The van der Waals surface area contributed by atoms with E-state index in [2.05, 4.69) is 24.3 Å². The molecule has 0 saturated heterocycles. The zero-order valence-electron chi connectivity index (χ0n) is 13.7. The molecule has 0 radical (unpaired) electrons. The summed E-state index contributed by atoms with van der Waals surface area (Å²) in [5, 5.41) is 10.6. The molecule has 2 nitrogen and oxygen atoms in total. The second-order valence-corrected chi connectivity index (χ2v) is 7.77. The first-order valence-electron chi connectivity index (χ1n) is 8.82. The maximum Gasteiger partial charge on any atom is 0.119 e. The first-order valence-corrected chi connectivity index (χ1v) is 9.26. The van der Waals surface area contributed by atoms with E-state index in [0.29, 0.717) is 17.8 Å². The van der Waals surface area contributed by atoms with E-state index in [4.69, 9.17) is 16.3 Å². The monoisotopic (exact) mass is 332 g/mol. The van der Waals surface area contributed by atoms with Crippen molar-refractivity contribution in [3.63, 3.8) is 0 Å². The van der Waals surface area contributed by atoms with Gasteiger partial charge in [0.1, 0.15) is 5.75 Å². The molecule has 1 aromatic rings. The molecule has 1 unspecified atom stereocenters. The molecule has 4 rings (SSSR count). The van der Waals surface area contributed by atoms with E-state index < -0.39 is 0 Å². The van der Waals surface area contributed by atoms with Crippen molar-refractivity contribution in [2.75, 3.05) is 7.11 Å². The van der Waals surface area contributed by atoms with Crippen molar-refractivity contribution in [2.24, 2.45) is 17.3 Å². The molecule has 0 spiro atoms. The van der Waals surface area contributed by atoms with Gasteiger partial charge in [0.2, 0.25) is 0 Å². The molecule has 2 saturated carbocycles. The molecule has 3 heteroatoms. The van der Waals surface area contributed by atoms with E-state index in [0.717, 1.165) is 37.9 Å². The number of aliphatic hydroxyl groups excluding tert-OH is 1. The summed E-state index contributed by atoms with van der Waals surface area (Å²) >= 11 is 5.95. The number of hydrogen-bond acceptors (Lipinski definition) is 2. The molecule has 0 bridgehead atoms. The third-order valence-corrected chi connectivity index (χ3v) is 6.98. The number of methoxy groups -OCH3 is 1. The summed E-state index contributed by atoms with van der Waals surface area (Å²) in [4.78, 5) is 0. The van der Waals surface area contributed by atoms with Crippen LogP contribution in [0.1, 0.15) is 49.1 Å². The van der Waals surface area contributed by atoms with Crippen molar-refractivity contribution < 1.29 is 9.84 Å². The maximum absolute atomic E-state index is 10.6. The summed E-state index contributed by atoms with van der Waals surface area (Å²) in [7, 11) is 1.74. The summed E-state index contributed by atoms with van der Waals surface area (Å²) in [6, 6.07) is 6.60. The highest BCUT2D eigenvalue weighted by Crippen LogP contribution is 2.61. The highest BCUT2D eigenvalue weighted by Gasteiger charge is 2.55. The second kappa shape index (κ2) is 5.82. The predicted molar refractivity (Wildman–Crippen MR) is 92.9 cm³/mol. The highest BCUT2D eigenvalue weighted by atomic mass is 35.5. The van der Waals surface area contributed by atoms with Crippen molar-refractivity contribution in [3.8, 4) is 5.75 Å². The fourth-order valence-electron chi connectivity index (χ4n) is 5.82. The molecule has 3 aliphatic carbocycles. The lowest BCUT2D eigenvalue weighted by atomic mass is 9.55. The van der Waals surface area contributed by atoms with Gasteiger partial charge in [-0.25, -0.2) is 0 Å². The van der Waals surface area contributed by atoms with Crippen molar-refractivity contribution in [1.29, 1.82) is 0 Å². The Kier molecular flexibility index (Phi) is 3.93. The van der Waals surface area contributed by atoms with Crippen LogP contribution < -0.4 is 4.74 Å². The largest absolute Gasteiger partial charge is 0.497 e. The first kappa shape index (κ1) is 15.5. The van der Waals surface area contributed by atoms with Crippen LogP contribution in [0.2, 0.25) is 0 Å². The van der Waals surface area contributed by atoms with Gasteiger partial charge in [0, 0.05) is 11.0 Å². The van der Waals surface area contributed by atoms with Crippen LogP contribution in [0, 0.1) is 17.3 Å². The van der Waals surface area contributed by atoms with E-state index in [1.165, 1.54) is 17.5 Å². The quantitative estimate of drug-likeness (QED) is 0.854. The summed E-state index contributed by atoms with van der Waals surface area (Å²) < 4.78 is 5.39. The van der Waals surface area contributed by atoms with Crippen molar-refractivity contribution in [1.82, 2.24) is 0 Å². The Hall–Kier alpha value is -0.990. The first-order chi connectivity index (χ1) is 11.2. The highest BCUT2D eigenvalue weighted by molar-refractivity contribution is 6.25. The average Bonchev–Trinajstić information content (AvgIpc) is 2.91. The number of benzene rings is 1. The molecule has 2 fully saturated rings. The minimum atomic E-state index is -0.222. The molecule has 0 aromatic heterocycles. The van der Waals surface area contributed by atoms with Crippen LogP contribution >= 0.6 is 11.6 Å². The Bertz CT molecular complexity index is 626. The lowest BCUT2D eigenvalue weighted by Crippen LogP contribution is -2.44. The summed E-state index contributed by atoms with van der Waals surface area (Å²) in [6.07, 6.45) is 8.49. The number of aryl methyl sites for hydroxylation is 1. The van der Waals surface area contributed by atoms with Gasteiger partial charge in [-0.3, -0.25) is 0 Å². The summed E-state index contributed by atoms with van der Waals surface area (Å²) in [5.41, 5.74) is 4.55. The second-order valence-electron chi connectivity index (χ2n) is 7.52. The maximum atomic E-state index is 10.6. The smallest absolute Gasteiger partial charge is 0.119 e. The lowest BCUT2D eigenvalue weighted by molar-refractivity contribution is -0.000204. The van der Waals surface area contributed by atoms with Gasteiger partial charge in [-0.1, -0.05) is 23.7 Å². The zero-order chi connectivity index (χ0) is 16.0. The number of rotatable bonds is 2. The Morgan fingerprint density at radius 3 is 2.91 bits per heavy atom. The molecular formula is C20H25ClO2. The van der Waals surface area contributed by atoms with Gasteiger partial charge >= 0.3 is 0 Å². The van der Waals surface area contributed by atoms with E-state index in [9.17, 15) is 5.11 Å². The number of aliphatic hydroxyl groups is 1. The molecule has 1 N–H and O–H groups in total. The van der Waals surface area contributed by atoms with Crippen LogP contribution in [0.4, 0.5) is 0 Å². The molecular weight excluding hydrogens is 308 g/mol. The van der Waals surface area contributed by atoms with Crippen LogP contribution in [0.15, 0.2) is 29.8 Å². The van der Waals surface area contributed by atoms with Gasteiger partial charge < -0.3 is 9.84 Å². The van der Waals surface area contributed by atoms with Crippen molar-refractivity contribution in [3.05, 3.63) is 40.9 Å². The Morgan fingerprint density at radius 2 is 2.13 bits per heavy atom. The Labute approximate surface area is 143 Å².